The van der Waals surface area contributed by atoms with E-state index in [2.05, 4.69) is 0 Å². The first-order valence-corrected chi connectivity index (χ1v) is 8.68. The molecule has 5 nitrogen and oxygen atoms in total. The van der Waals surface area contributed by atoms with Crippen LogP contribution in [0.2, 0.25) is 0 Å². The van der Waals surface area contributed by atoms with Gasteiger partial charge in [-0.25, -0.2) is 8.42 Å². The monoisotopic (exact) mass is 335 g/mol. The molecule has 0 aliphatic heterocycles. The second-order valence-corrected chi connectivity index (χ2v) is 6.94. The van der Waals surface area contributed by atoms with Gasteiger partial charge in [0, 0.05) is 13.1 Å². The van der Waals surface area contributed by atoms with Gasteiger partial charge >= 0.3 is 0 Å². The van der Waals surface area contributed by atoms with Crippen LogP contribution in [0, 0.1) is 0 Å². The molecule has 0 aliphatic carbocycles. The zero-order chi connectivity index (χ0) is 17.0. The molecule has 2 aromatic carbocycles. The summed E-state index contributed by atoms with van der Waals surface area (Å²) in [5.41, 5.74) is 1.64. The molecule has 2 aromatic rings. The Bertz CT molecular complexity index is 787. The van der Waals surface area contributed by atoms with E-state index in [0.717, 1.165) is 12.0 Å². The first kappa shape index (κ1) is 17.1. The third kappa shape index (κ3) is 3.27. The van der Waals surface area contributed by atoms with E-state index in [1.54, 1.807) is 19.2 Å². The number of methoxy groups -OCH3 is 2. The van der Waals surface area contributed by atoms with Crippen molar-refractivity contribution in [3.63, 3.8) is 0 Å². The summed E-state index contributed by atoms with van der Waals surface area (Å²) in [6.45, 7) is 2.00. The summed E-state index contributed by atoms with van der Waals surface area (Å²) in [7, 11) is 0.858. The van der Waals surface area contributed by atoms with Gasteiger partial charge in [0.05, 0.1) is 24.8 Å². The highest BCUT2D eigenvalue weighted by atomic mass is 32.2. The van der Waals surface area contributed by atoms with Crippen molar-refractivity contribution in [3.8, 4) is 11.5 Å². The molecular weight excluding hydrogens is 314 g/mol. The van der Waals surface area contributed by atoms with Gasteiger partial charge in [-0.3, -0.25) is 4.31 Å². The van der Waals surface area contributed by atoms with Crippen LogP contribution in [0.25, 0.3) is 0 Å². The second-order valence-electron chi connectivity index (χ2n) is 4.97. The molecule has 0 bridgehead atoms. The molecule has 124 valence electrons. The summed E-state index contributed by atoms with van der Waals surface area (Å²) in [6, 6.07) is 12.0. The fraction of sp³-hybridized carbons (Fsp3) is 0.294. The Morgan fingerprint density at radius 2 is 1.65 bits per heavy atom. The van der Waals surface area contributed by atoms with Crippen molar-refractivity contribution < 1.29 is 17.9 Å². The summed E-state index contributed by atoms with van der Waals surface area (Å²) in [4.78, 5) is 0.156. The van der Waals surface area contributed by atoms with Gasteiger partial charge in [0.2, 0.25) is 0 Å². The summed E-state index contributed by atoms with van der Waals surface area (Å²) in [6.07, 6.45) is 0.752. The van der Waals surface area contributed by atoms with Gasteiger partial charge in [-0.2, -0.15) is 0 Å². The zero-order valence-corrected chi connectivity index (χ0v) is 14.6. The Morgan fingerprint density at radius 3 is 2.26 bits per heavy atom. The standard InChI is InChI=1S/C17H21NO4S/c1-5-13-8-6-7-9-15(13)18(2)23(19,20)14-10-11-16(21-3)17(12-14)22-4/h6-12H,5H2,1-4H3. The SMILES string of the molecule is CCc1ccccc1N(C)S(=O)(=O)c1ccc(OC)c(OC)c1. The van der Waals surface area contributed by atoms with Crippen molar-refractivity contribution in [3.05, 3.63) is 48.0 Å². The molecule has 0 unspecified atom stereocenters. The first-order chi connectivity index (χ1) is 11.0. The van der Waals surface area contributed by atoms with Crippen LogP contribution in [0.15, 0.2) is 47.4 Å². The molecule has 0 saturated heterocycles. The van der Waals surface area contributed by atoms with Gasteiger partial charge in [-0.15, -0.1) is 0 Å². The van der Waals surface area contributed by atoms with Gasteiger partial charge in [0.25, 0.3) is 10.0 Å². The summed E-state index contributed by atoms with van der Waals surface area (Å²) in [5, 5.41) is 0. The van der Waals surface area contributed by atoms with Gasteiger partial charge in [0.15, 0.2) is 11.5 Å². The average molecular weight is 335 g/mol. The van der Waals surface area contributed by atoms with E-state index >= 15 is 0 Å². The van der Waals surface area contributed by atoms with Crippen LogP contribution in [-0.4, -0.2) is 29.7 Å². The molecule has 0 radical (unpaired) electrons. The van der Waals surface area contributed by atoms with Gasteiger partial charge < -0.3 is 9.47 Å². The molecule has 0 saturated carbocycles. The number of aryl methyl sites for hydroxylation is 1. The molecule has 0 N–H and O–H groups in total. The summed E-state index contributed by atoms with van der Waals surface area (Å²) in [5.74, 6) is 0.869. The fourth-order valence-corrected chi connectivity index (χ4v) is 3.63. The Kier molecular flexibility index (Phi) is 5.15. The van der Waals surface area contributed by atoms with E-state index in [9.17, 15) is 8.42 Å². The number of nitrogens with zero attached hydrogens (tertiary/aromatic N) is 1. The van der Waals surface area contributed by atoms with Crippen molar-refractivity contribution >= 4 is 15.7 Å². The number of ether oxygens (including phenoxy) is 2. The van der Waals surface area contributed by atoms with E-state index in [1.165, 1.54) is 30.7 Å². The third-order valence-electron chi connectivity index (χ3n) is 3.73. The minimum atomic E-state index is -3.68. The van der Waals surface area contributed by atoms with Gasteiger partial charge in [-0.1, -0.05) is 25.1 Å². The van der Waals surface area contributed by atoms with Crippen molar-refractivity contribution in [2.75, 3.05) is 25.6 Å². The molecule has 0 heterocycles. The van der Waals surface area contributed by atoms with Crippen molar-refractivity contribution in [1.29, 1.82) is 0 Å². The van der Waals surface area contributed by atoms with Crippen molar-refractivity contribution in [2.24, 2.45) is 0 Å². The molecule has 23 heavy (non-hydrogen) atoms. The highest BCUT2D eigenvalue weighted by Gasteiger charge is 2.24. The van der Waals surface area contributed by atoms with Gasteiger partial charge in [-0.05, 0) is 30.2 Å². The number of hydrogen-bond donors (Lipinski definition) is 0. The quantitative estimate of drug-likeness (QED) is 0.814. The highest BCUT2D eigenvalue weighted by molar-refractivity contribution is 7.92. The molecule has 0 aliphatic rings. The maximum Gasteiger partial charge on any atom is 0.264 e. The molecule has 0 fully saturated rings. The molecular formula is C17H21NO4S. The van der Waals surface area contributed by atoms with Gasteiger partial charge in [0.1, 0.15) is 0 Å². The Labute approximate surface area is 137 Å². The minimum absolute atomic E-state index is 0.156. The van der Waals surface area contributed by atoms with Crippen molar-refractivity contribution in [1.82, 2.24) is 0 Å². The van der Waals surface area contributed by atoms with Crippen LogP contribution in [0.3, 0.4) is 0 Å². The van der Waals surface area contributed by atoms with E-state index in [0.29, 0.717) is 17.2 Å². The lowest BCUT2D eigenvalue weighted by Crippen LogP contribution is -2.27. The zero-order valence-electron chi connectivity index (χ0n) is 13.7. The summed E-state index contributed by atoms with van der Waals surface area (Å²) < 4.78 is 37.4. The summed E-state index contributed by atoms with van der Waals surface area (Å²) >= 11 is 0. The van der Waals surface area contributed by atoms with E-state index in [4.69, 9.17) is 9.47 Å². The number of hydrogen-bond acceptors (Lipinski definition) is 4. The Balaban J connectivity index is 2.49. The maximum absolute atomic E-state index is 12.9. The molecule has 0 aromatic heterocycles. The van der Waals surface area contributed by atoms with E-state index in [1.807, 2.05) is 25.1 Å². The number of anilines is 1. The number of para-hydroxylation sites is 1. The largest absolute Gasteiger partial charge is 0.493 e. The Morgan fingerprint density at radius 1 is 1.00 bits per heavy atom. The van der Waals surface area contributed by atoms with E-state index < -0.39 is 10.0 Å². The predicted molar refractivity (Wildman–Crippen MR) is 91.0 cm³/mol. The lowest BCUT2D eigenvalue weighted by molar-refractivity contribution is 0.354. The second kappa shape index (κ2) is 6.91. The van der Waals surface area contributed by atoms with Crippen molar-refractivity contribution in [2.45, 2.75) is 18.2 Å². The lowest BCUT2D eigenvalue weighted by atomic mass is 10.1. The normalized spacial score (nSPS) is 11.1. The predicted octanol–water partition coefficient (Wildman–Crippen LogP) is 3.09. The topological polar surface area (TPSA) is 55.8 Å². The molecule has 6 heteroatoms. The average Bonchev–Trinajstić information content (AvgIpc) is 2.60. The minimum Gasteiger partial charge on any atom is -0.493 e. The fourth-order valence-electron chi connectivity index (χ4n) is 2.38. The molecule has 0 spiro atoms. The maximum atomic E-state index is 12.9. The highest BCUT2D eigenvalue weighted by Crippen LogP contribution is 2.32. The molecule has 0 atom stereocenters. The van der Waals surface area contributed by atoms with E-state index in [-0.39, 0.29) is 4.90 Å². The number of benzene rings is 2. The lowest BCUT2D eigenvalue weighted by Gasteiger charge is -2.22. The van der Waals surface area contributed by atoms with Crippen LogP contribution in [0.1, 0.15) is 12.5 Å². The number of sulfonamides is 1. The van der Waals surface area contributed by atoms with Crippen LogP contribution < -0.4 is 13.8 Å². The van der Waals surface area contributed by atoms with Crippen LogP contribution in [0.4, 0.5) is 5.69 Å². The third-order valence-corrected chi connectivity index (χ3v) is 5.49. The van der Waals surface area contributed by atoms with Crippen LogP contribution in [0.5, 0.6) is 11.5 Å². The first-order valence-electron chi connectivity index (χ1n) is 7.24. The molecule has 0 amide bonds. The molecule has 2 rings (SSSR count). The number of rotatable bonds is 6. The van der Waals surface area contributed by atoms with Crippen LogP contribution >= 0.6 is 0 Å². The van der Waals surface area contributed by atoms with Crippen LogP contribution in [-0.2, 0) is 16.4 Å². The smallest absolute Gasteiger partial charge is 0.264 e. The Hall–Kier alpha value is -2.21.